The maximum atomic E-state index is 5.50. The third-order valence-corrected chi connectivity index (χ3v) is 4.57. The Morgan fingerprint density at radius 3 is 2.68 bits per heavy atom. The van der Waals surface area contributed by atoms with Crippen LogP contribution in [0.15, 0.2) is 60.3 Å². The normalized spacial score (nSPS) is 21.1. The van der Waals surface area contributed by atoms with Crippen LogP contribution in [0.25, 0.3) is 0 Å². The van der Waals surface area contributed by atoms with Gasteiger partial charge in [0.15, 0.2) is 0 Å². The van der Waals surface area contributed by atoms with Crippen LogP contribution in [0.3, 0.4) is 0 Å². The van der Waals surface area contributed by atoms with E-state index in [4.69, 9.17) is 17.0 Å². The van der Waals surface area contributed by atoms with Crippen molar-refractivity contribution in [3.63, 3.8) is 0 Å². The second-order valence-electron chi connectivity index (χ2n) is 4.20. The second-order valence-corrected chi connectivity index (χ2v) is 5.97. The molecule has 1 fully saturated rings. The van der Waals surface area contributed by atoms with Crippen molar-refractivity contribution in [1.29, 1.82) is 0 Å². The van der Waals surface area contributed by atoms with Gasteiger partial charge in [-0.15, -0.1) is 0 Å². The molecule has 3 rings (SSSR count). The molecule has 0 amide bonds. The molecule has 4 heteroatoms. The lowest BCUT2D eigenvalue weighted by molar-refractivity contribution is 0.415. The van der Waals surface area contributed by atoms with Gasteiger partial charge < -0.3 is 4.74 Å². The van der Waals surface area contributed by atoms with Gasteiger partial charge in [-0.25, -0.2) is 0 Å². The van der Waals surface area contributed by atoms with Gasteiger partial charge in [0, 0.05) is 11.4 Å². The van der Waals surface area contributed by atoms with Crippen LogP contribution in [0.2, 0.25) is 0 Å². The first-order valence-corrected chi connectivity index (χ1v) is 7.28. The lowest BCUT2D eigenvalue weighted by atomic mass is 10.2. The van der Waals surface area contributed by atoms with Gasteiger partial charge in [0.25, 0.3) is 0 Å². The molecule has 0 radical (unpaired) electrons. The number of hydrogen-bond acceptors (Lipinski definition) is 3. The lowest BCUT2D eigenvalue weighted by Gasteiger charge is -2.20. The molecule has 1 aromatic rings. The van der Waals surface area contributed by atoms with Crippen LogP contribution in [-0.2, 0) is 0 Å². The molecule has 1 aliphatic heterocycles. The summed E-state index contributed by atoms with van der Waals surface area (Å²) in [5, 5.41) is 0.310. The zero-order chi connectivity index (χ0) is 13.2. The van der Waals surface area contributed by atoms with E-state index < -0.39 is 0 Å². The van der Waals surface area contributed by atoms with Crippen molar-refractivity contribution in [2.24, 2.45) is 0 Å². The number of methoxy groups -OCH3 is 1. The summed E-state index contributed by atoms with van der Waals surface area (Å²) in [5.74, 6) is 0.854. The zero-order valence-corrected chi connectivity index (χ0v) is 12.1. The highest BCUT2D eigenvalue weighted by Gasteiger charge is 2.32. The Morgan fingerprint density at radius 2 is 1.95 bits per heavy atom. The van der Waals surface area contributed by atoms with E-state index in [0.717, 1.165) is 15.8 Å². The van der Waals surface area contributed by atoms with Crippen LogP contribution in [0.4, 0.5) is 5.69 Å². The summed E-state index contributed by atoms with van der Waals surface area (Å²) in [6, 6.07) is 7.98. The van der Waals surface area contributed by atoms with Crippen molar-refractivity contribution < 1.29 is 4.74 Å². The van der Waals surface area contributed by atoms with Gasteiger partial charge in [0.1, 0.15) is 10.1 Å². The van der Waals surface area contributed by atoms with E-state index in [2.05, 4.69) is 29.2 Å². The van der Waals surface area contributed by atoms with Gasteiger partial charge >= 0.3 is 0 Å². The molecule has 1 saturated heterocycles. The highest BCUT2D eigenvalue weighted by atomic mass is 32.2. The van der Waals surface area contributed by atoms with Crippen LogP contribution in [0, 0.1) is 0 Å². The largest absolute Gasteiger partial charge is 0.497 e. The SMILES string of the molecule is COc1ccc(N2C(=S)SC3C=CC=CC=C32)cc1. The Labute approximate surface area is 122 Å². The predicted octanol–water partition coefficient (Wildman–Crippen LogP) is 3.91. The van der Waals surface area contributed by atoms with E-state index in [-0.39, 0.29) is 0 Å². The van der Waals surface area contributed by atoms with E-state index in [1.54, 1.807) is 18.9 Å². The Bertz CT molecular complexity index is 587. The third-order valence-electron chi connectivity index (χ3n) is 3.07. The van der Waals surface area contributed by atoms with Crippen LogP contribution in [0.5, 0.6) is 5.75 Å². The summed E-state index contributed by atoms with van der Waals surface area (Å²) in [7, 11) is 1.67. The third kappa shape index (κ3) is 2.33. The van der Waals surface area contributed by atoms with Crippen molar-refractivity contribution in [1.82, 2.24) is 0 Å². The fourth-order valence-electron chi connectivity index (χ4n) is 2.13. The molecule has 1 unspecified atom stereocenters. The number of hydrogen-bond donors (Lipinski definition) is 0. The molecule has 0 saturated carbocycles. The van der Waals surface area contributed by atoms with Gasteiger partial charge in [-0.05, 0) is 30.3 Å². The molecule has 0 bridgehead atoms. The van der Waals surface area contributed by atoms with Crippen LogP contribution in [-0.4, -0.2) is 16.7 Å². The maximum Gasteiger partial charge on any atom is 0.146 e. The van der Waals surface area contributed by atoms with E-state index in [0.29, 0.717) is 5.25 Å². The molecule has 0 aromatic heterocycles. The molecule has 1 heterocycles. The smallest absolute Gasteiger partial charge is 0.146 e. The molecule has 0 N–H and O–H groups in total. The molecule has 1 atom stereocenters. The van der Waals surface area contributed by atoms with Crippen LogP contribution < -0.4 is 9.64 Å². The van der Waals surface area contributed by atoms with E-state index in [1.807, 2.05) is 30.3 Å². The van der Waals surface area contributed by atoms with E-state index >= 15 is 0 Å². The molecule has 2 nitrogen and oxygen atoms in total. The molecule has 1 aromatic carbocycles. The standard InChI is InChI=1S/C15H13NOS2/c1-17-12-9-7-11(8-10-12)16-13-5-3-2-4-6-14(13)19-15(16)18/h2-10,14H,1H3. The minimum Gasteiger partial charge on any atom is -0.497 e. The fraction of sp³-hybridized carbons (Fsp3) is 0.133. The molecule has 1 aliphatic carbocycles. The minimum absolute atomic E-state index is 0.310. The summed E-state index contributed by atoms with van der Waals surface area (Å²) in [5.41, 5.74) is 2.29. The van der Waals surface area contributed by atoms with Crippen LogP contribution in [0.1, 0.15) is 0 Å². The van der Waals surface area contributed by atoms with Crippen molar-refractivity contribution >= 4 is 34.0 Å². The highest BCUT2D eigenvalue weighted by molar-refractivity contribution is 8.24. The summed E-state index contributed by atoms with van der Waals surface area (Å²) >= 11 is 7.21. The predicted molar refractivity (Wildman–Crippen MR) is 85.8 cm³/mol. The number of anilines is 1. The number of ether oxygens (including phenoxy) is 1. The van der Waals surface area contributed by atoms with E-state index in [1.165, 1.54) is 5.70 Å². The summed E-state index contributed by atoms with van der Waals surface area (Å²) < 4.78 is 6.08. The second kappa shape index (κ2) is 5.23. The Kier molecular flexibility index (Phi) is 3.44. The molecule has 2 aliphatic rings. The maximum absolute atomic E-state index is 5.50. The topological polar surface area (TPSA) is 12.5 Å². The van der Waals surface area contributed by atoms with Gasteiger partial charge in [0.05, 0.1) is 12.4 Å². The molecule has 96 valence electrons. The number of nitrogens with zero attached hydrogens (tertiary/aromatic N) is 1. The van der Waals surface area contributed by atoms with Gasteiger partial charge in [-0.1, -0.05) is 48.3 Å². The number of benzene rings is 1. The van der Waals surface area contributed by atoms with Gasteiger partial charge in [-0.2, -0.15) is 0 Å². The Hall–Kier alpha value is -1.52. The summed E-state index contributed by atoms with van der Waals surface area (Å²) in [4.78, 5) is 2.13. The number of allylic oxidation sites excluding steroid dienone is 4. The van der Waals surface area contributed by atoms with Gasteiger partial charge in [-0.3, -0.25) is 4.90 Å². The number of thioether (sulfide) groups is 1. The molecular formula is C15H13NOS2. The summed E-state index contributed by atoms with van der Waals surface area (Å²) in [6.07, 6.45) is 10.5. The zero-order valence-electron chi connectivity index (χ0n) is 10.4. The fourth-order valence-corrected chi connectivity index (χ4v) is 3.66. The lowest BCUT2D eigenvalue weighted by Crippen LogP contribution is -2.21. The first kappa shape index (κ1) is 12.5. The van der Waals surface area contributed by atoms with Crippen molar-refractivity contribution in [3.05, 3.63) is 60.3 Å². The average Bonchev–Trinajstić information content (AvgIpc) is 2.61. The van der Waals surface area contributed by atoms with E-state index in [9.17, 15) is 0 Å². The number of fused-ring (bicyclic) bond motifs is 1. The first-order chi connectivity index (χ1) is 9.29. The Balaban J connectivity index is 1.98. The molecular weight excluding hydrogens is 274 g/mol. The minimum atomic E-state index is 0.310. The monoisotopic (exact) mass is 287 g/mol. The van der Waals surface area contributed by atoms with Crippen molar-refractivity contribution in [3.8, 4) is 5.75 Å². The molecule has 0 spiro atoms. The number of thiocarbonyl (C=S) groups is 1. The average molecular weight is 287 g/mol. The Morgan fingerprint density at radius 1 is 1.16 bits per heavy atom. The van der Waals surface area contributed by atoms with Crippen molar-refractivity contribution in [2.45, 2.75) is 5.25 Å². The number of rotatable bonds is 2. The quantitative estimate of drug-likeness (QED) is 0.764. The van der Waals surface area contributed by atoms with Gasteiger partial charge in [0.2, 0.25) is 0 Å². The van der Waals surface area contributed by atoms with Crippen molar-refractivity contribution in [2.75, 3.05) is 12.0 Å². The summed E-state index contributed by atoms with van der Waals surface area (Å²) in [6.45, 7) is 0. The highest BCUT2D eigenvalue weighted by Crippen LogP contribution is 2.40. The molecule has 19 heavy (non-hydrogen) atoms. The van der Waals surface area contributed by atoms with Crippen LogP contribution >= 0.6 is 24.0 Å². The first-order valence-electron chi connectivity index (χ1n) is 5.99.